The van der Waals surface area contributed by atoms with E-state index in [4.69, 9.17) is 5.73 Å². The fraction of sp³-hybridized carbons (Fsp3) is 0.167. The molecule has 2 N–H and O–H groups in total. The maximum atomic E-state index is 12.4. The van der Waals surface area contributed by atoms with Gasteiger partial charge in [0.2, 0.25) is 5.95 Å². The van der Waals surface area contributed by atoms with E-state index in [2.05, 4.69) is 4.98 Å². The van der Waals surface area contributed by atoms with Gasteiger partial charge in [-0.15, -0.1) is 0 Å². The standard InChI is InChI=1S/C6H7FN2/c1-4-5(8)2-3-9-6(4)7/h2-3H,1H3,(H2,8,9). The summed E-state index contributed by atoms with van der Waals surface area (Å²) in [5, 5.41) is 0. The van der Waals surface area contributed by atoms with Crippen LogP contribution in [0.5, 0.6) is 0 Å². The average molecular weight is 126 g/mol. The second-order valence-electron chi connectivity index (χ2n) is 1.82. The van der Waals surface area contributed by atoms with Gasteiger partial charge in [-0.25, -0.2) is 4.98 Å². The molecule has 0 spiro atoms. The molecule has 0 radical (unpaired) electrons. The smallest absolute Gasteiger partial charge is 0.217 e. The van der Waals surface area contributed by atoms with E-state index in [0.29, 0.717) is 11.3 Å². The van der Waals surface area contributed by atoms with Crippen LogP contribution in [0.15, 0.2) is 12.3 Å². The highest BCUT2D eigenvalue weighted by atomic mass is 19.1. The first-order valence-electron chi connectivity index (χ1n) is 2.58. The maximum absolute atomic E-state index is 12.4. The number of pyridine rings is 1. The molecule has 0 bridgehead atoms. The van der Waals surface area contributed by atoms with E-state index in [-0.39, 0.29) is 0 Å². The lowest BCUT2D eigenvalue weighted by molar-refractivity contribution is 0.575. The predicted octanol–water partition coefficient (Wildman–Crippen LogP) is 1.11. The first-order chi connectivity index (χ1) is 4.22. The van der Waals surface area contributed by atoms with Crippen LogP contribution in [0.2, 0.25) is 0 Å². The Kier molecular flexibility index (Phi) is 1.34. The van der Waals surface area contributed by atoms with E-state index >= 15 is 0 Å². The highest BCUT2D eigenvalue weighted by molar-refractivity contribution is 5.43. The molecule has 2 nitrogen and oxygen atoms in total. The van der Waals surface area contributed by atoms with Gasteiger partial charge in [0.15, 0.2) is 0 Å². The minimum atomic E-state index is -0.491. The molecule has 0 saturated heterocycles. The zero-order chi connectivity index (χ0) is 6.85. The van der Waals surface area contributed by atoms with Crippen LogP contribution in [0.1, 0.15) is 5.56 Å². The molecule has 1 rings (SSSR count). The van der Waals surface area contributed by atoms with Crippen molar-refractivity contribution in [3.8, 4) is 0 Å². The normalized spacial score (nSPS) is 9.56. The molecule has 48 valence electrons. The quantitative estimate of drug-likeness (QED) is 0.529. The Morgan fingerprint density at radius 1 is 1.67 bits per heavy atom. The van der Waals surface area contributed by atoms with E-state index in [1.54, 1.807) is 13.0 Å². The molecule has 1 aromatic heterocycles. The Labute approximate surface area is 52.5 Å². The summed E-state index contributed by atoms with van der Waals surface area (Å²) in [6.45, 7) is 1.59. The van der Waals surface area contributed by atoms with Crippen LogP contribution < -0.4 is 5.73 Å². The Morgan fingerprint density at radius 3 is 2.78 bits per heavy atom. The van der Waals surface area contributed by atoms with Crippen molar-refractivity contribution in [1.82, 2.24) is 4.98 Å². The van der Waals surface area contributed by atoms with Crippen LogP contribution in [-0.4, -0.2) is 4.98 Å². The molecule has 0 saturated carbocycles. The third-order valence-electron chi connectivity index (χ3n) is 1.18. The number of anilines is 1. The van der Waals surface area contributed by atoms with Gasteiger partial charge in [-0.2, -0.15) is 4.39 Å². The van der Waals surface area contributed by atoms with E-state index in [0.717, 1.165) is 0 Å². The summed E-state index contributed by atoms with van der Waals surface area (Å²) in [6, 6.07) is 1.57. The molecular weight excluding hydrogens is 119 g/mol. The molecule has 9 heavy (non-hydrogen) atoms. The van der Waals surface area contributed by atoms with Crippen molar-refractivity contribution in [3.05, 3.63) is 23.8 Å². The summed E-state index contributed by atoms with van der Waals surface area (Å²) in [7, 11) is 0. The Bertz CT molecular complexity index is 202. The molecule has 1 heterocycles. The molecule has 0 aliphatic rings. The number of halogens is 1. The van der Waals surface area contributed by atoms with Crippen molar-refractivity contribution < 1.29 is 4.39 Å². The van der Waals surface area contributed by atoms with E-state index < -0.39 is 5.95 Å². The first-order valence-corrected chi connectivity index (χ1v) is 2.58. The highest BCUT2D eigenvalue weighted by Crippen LogP contribution is 2.09. The lowest BCUT2D eigenvalue weighted by Crippen LogP contribution is -1.94. The molecule has 3 heteroatoms. The van der Waals surface area contributed by atoms with Crippen molar-refractivity contribution in [3.63, 3.8) is 0 Å². The van der Waals surface area contributed by atoms with Crippen molar-refractivity contribution in [1.29, 1.82) is 0 Å². The summed E-state index contributed by atoms with van der Waals surface area (Å²) < 4.78 is 12.4. The molecular formula is C6H7FN2. The maximum Gasteiger partial charge on any atom is 0.217 e. The minimum absolute atomic E-state index is 0.414. The number of rotatable bonds is 0. The van der Waals surface area contributed by atoms with Gasteiger partial charge in [0.05, 0.1) is 0 Å². The second-order valence-corrected chi connectivity index (χ2v) is 1.82. The van der Waals surface area contributed by atoms with Crippen molar-refractivity contribution >= 4 is 5.69 Å². The summed E-state index contributed by atoms with van der Waals surface area (Å²) in [5.74, 6) is -0.491. The molecule has 0 aliphatic heterocycles. The fourth-order valence-corrected chi connectivity index (χ4v) is 0.524. The van der Waals surface area contributed by atoms with Gasteiger partial charge < -0.3 is 5.73 Å². The van der Waals surface area contributed by atoms with E-state index in [1.807, 2.05) is 0 Å². The van der Waals surface area contributed by atoms with E-state index in [9.17, 15) is 4.39 Å². The third-order valence-corrected chi connectivity index (χ3v) is 1.18. The summed E-state index contributed by atoms with van der Waals surface area (Å²) in [4.78, 5) is 3.39. The Balaban J connectivity index is 3.25. The summed E-state index contributed by atoms with van der Waals surface area (Å²) >= 11 is 0. The zero-order valence-corrected chi connectivity index (χ0v) is 5.06. The summed E-state index contributed by atoms with van der Waals surface area (Å²) in [5.41, 5.74) is 6.20. The van der Waals surface area contributed by atoms with Crippen LogP contribution >= 0.6 is 0 Å². The molecule has 0 unspecified atom stereocenters. The predicted molar refractivity (Wildman–Crippen MR) is 33.3 cm³/mol. The number of nitrogens with zero attached hydrogens (tertiary/aromatic N) is 1. The lowest BCUT2D eigenvalue weighted by Gasteiger charge is -1.96. The monoisotopic (exact) mass is 126 g/mol. The van der Waals surface area contributed by atoms with Crippen LogP contribution in [0.3, 0.4) is 0 Å². The fourth-order valence-electron chi connectivity index (χ4n) is 0.524. The van der Waals surface area contributed by atoms with Gasteiger partial charge in [0.25, 0.3) is 0 Å². The van der Waals surface area contributed by atoms with Crippen molar-refractivity contribution in [2.24, 2.45) is 0 Å². The van der Waals surface area contributed by atoms with Crippen LogP contribution in [0.25, 0.3) is 0 Å². The summed E-state index contributed by atoms with van der Waals surface area (Å²) in [6.07, 6.45) is 1.34. The average Bonchev–Trinajstić information content (AvgIpc) is 1.83. The highest BCUT2D eigenvalue weighted by Gasteiger charge is 1.98. The van der Waals surface area contributed by atoms with Crippen LogP contribution in [-0.2, 0) is 0 Å². The number of nitrogen functional groups attached to an aromatic ring is 1. The Morgan fingerprint density at radius 2 is 2.33 bits per heavy atom. The number of hydrogen-bond donors (Lipinski definition) is 1. The van der Waals surface area contributed by atoms with Crippen LogP contribution in [0.4, 0.5) is 10.1 Å². The largest absolute Gasteiger partial charge is 0.398 e. The molecule has 0 fully saturated rings. The Hall–Kier alpha value is -1.12. The van der Waals surface area contributed by atoms with Gasteiger partial charge in [-0.1, -0.05) is 0 Å². The van der Waals surface area contributed by atoms with Crippen LogP contribution in [0, 0.1) is 12.9 Å². The molecule has 0 atom stereocenters. The number of hydrogen-bond acceptors (Lipinski definition) is 2. The van der Waals surface area contributed by atoms with E-state index in [1.165, 1.54) is 6.20 Å². The van der Waals surface area contributed by atoms with Gasteiger partial charge in [0, 0.05) is 17.4 Å². The van der Waals surface area contributed by atoms with Crippen molar-refractivity contribution in [2.75, 3.05) is 5.73 Å². The molecule has 0 aromatic carbocycles. The SMILES string of the molecule is Cc1c(N)ccnc1F. The second kappa shape index (κ2) is 2.01. The topological polar surface area (TPSA) is 38.9 Å². The van der Waals surface area contributed by atoms with Gasteiger partial charge in [0.1, 0.15) is 0 Å². The number of nitrogens with two attached hydrogens (primary N) is 1. The van der Waals surface area contributed by atoms with Crippen molar-refractivity contribution in [2.45, 2.75) is 6.92 Å². The third kappa shape index (κ3) is 0.988. The molecule has 0 amide bonds. The lowest BCUT2D eigenvalue weighted by atomic mass is 10.3. The molecule has 0 aliphatic carbocycles. The minimum Gasteiger partial charge on any atom is -0.398 e. The van der Waals surface area contributed by atoms with Gasteiger partial charge >= 0.3 is 0 Å². The molecule has 1 aromatic rings. The van der Waals surface area contributed by atoms with Gasteiger partial charge in [-0.3, -0.25) is 0 Å². The zero-order valence-electron chi connectivity index (χ0n) is 5.06. The first kappa shape index (κ1) is 6.01. The van der Waals surface area contributed by atoms with Gasteiger partial charge in [-0.05, 0) is 13.0 Å². The number of aromatic nitrogens is 1.